The molecule has 2 N–H and O–H groups in total. The highest BCUT2D eigenvalue weighted by Gasteiger charge is 2.24. The molecule has 0 saturated carbocycles. The summed E-state index contributed by atoms with van der Waals surface area (Å²) >= 11 is 0. The smallest absolute Gasteiger partial charge is 0.253 e. The molecule has 0 spiro atoms. The van der Waals surface area contributed by atoms with Crippen molar-refractivity contribution in [2.45, 2.75) is 45.7 Å². The van der Waals surface area contributed by atoms with Crippen LogP contribution in [0.1, 0.15) is 59.4 Å². The van der Waals surface area contributed by atoms with Gasteiger partial charge in [0.25, 0.3) is 11.8 Å². The summed E-state index contributed by atoms with van der Waals surface area (Å²) in [4.78, 5) is 39.9. The number of nitrogens with zero attached hydrogens (tertiary/aromatic N) is 1. The standard InChI is InChI=1S/C25H31N3O3/c1-18(2)22(27-23(29)20-11-5-3-6-12-20)24(30)26-17-19-10-9-13-21(16-19)25(31)28-14-7-4-8-15-28/h3,5-6,9-13,16,18,22H,4,7-8,14-15,17H2,1-2H3,(H,26,30)(H,27,29). The van der Waals surface area contributed by atoms with Gasteiger partial charge in [-0.3, -0.25) is 14.4 Å². The van der Waals surface area contributed by atoms with Crippen LogP contribution in [0.25, 0.3) is 0 Å². The van der Waals surface area contributed by atoms with Crippen LogP contribution >= 0.6 is 0 Å². The van der Waals surface area contributed by atoms with Crippen molar-refractivity contribution in [3.05, 3.63) is 71.3 Å². The van der Waals surface area contributed by atoms with Crippen LogP contribution in [0.2, 0.25) is 0 Å². The third-order valence-electron chi connectivity index (χ3n) is 5.56. The van der Waals surface area contributed by atoms with Gasteiger partial charge in [-0.15, -0.1) is 0 Å². The highest BCUT2D eigenvalue weighted by atomic mass is 16.2. The lowest BCUT2D eigenvalue weighted by molar-refractivity contribution is -0.124. The molecule has 2 aromatic carbocycles. The molecule has 6 heteroatoms. The molecule has 3 rings (SSSR count). The Balaban J connectivity index is 1.60. The maximum Gasteiger partial charge on any atom is 0.253 e. The Hall–Kier alpha value is -3.15. The molecular weight excluding hydrogens is 390 g/mol. The summed E-state index contributed by atoms with van der Waals surface area (Å²) in [6.45, 7) is 5.69. The van der Waals surface area contributed by atoms with Crippen molar-refractivity contribution in [1.82, 2.24) is 15.5 Å². The molecule has 1 aliphatic heterocycles. The van der Waals surface area contributed by atoms with Crippen molar-refractivity contribution in [2.75, 3.05) is 13.1 Å². The topological polar surface area (TPSA) is 78.5 Å². The molecule has 0 aliphatic carbocycles. The lowest BCUT2D eigenvalue weighted by Crippen LogP contribution is -2.49. The molecule has 164 valence electrons. The van der Waals surface area contributed by atoms with Crippen molar-refractivity contribution in [1.29, 1.82) is 0 Å². The molecule has 1 unspecified atom stereocenters. The summed E-state index contributed by atoms with van der Waals surface area (Å²) in [5.74, 6) is -0.543. The van der Waals surface area contributed by atoms with Gasteiger partial charge in [-0.2, -0.15) is 0 Å². The summed E-state index contributed by atoms with van der Waals surface area (Å²) in [7, 11) is 0. The molecule has 1 aliphatic rings. The van der Waals surface area contributed by atoms with Crippen molar-refractivity contribution in [3.63, 3.8) is 0 Å². The zero-order valence-electron chi connectivity index (χ0n) is 18.3. The van der Waals surface area contributed by atoms with Crippen LogP contribution in [0.4, 0.5) is 0 Å². The monoisotopic (exact) mass is 421 g/mol. The molecule has 1 saturated heterocycles. The summed E-state index contributed by atoms with van der Waals surface area (Å²) in [6.07, 6.45) is 3.27. The quantitative estimate of drug-likeness (QED) is 0.719. The number of hydrogen-bond donors (Lipinski definition) is 2. The second-order valence-corrected chi connectivity index (χ2v) is 8.33. The highest BCUT2D eigenvalue weighted by Crippen LogP contribution is 2.14. The third kappa shape index (κ3) is 6.17. The highest BCUT2D eigenvalue weighted by molar-refractivity contribution is 5.97. The Bertz CT molecular complexity index is 905. The lowest BCUT2D eigenvalue weighted by atomic mass is 10.0. The molecule has 0 radical (unpaired) electrons. The van der Waals surface area contributed by atoms with Crippen LogP contribution in [0, 0.1) is 5.92 Å². The predicted octanol–water partition coefficient (Wildman–Crippen LogP) is 3.38. The van der Waals surface area contributed by atoms with E-state index in [4.69, 9.17) is 0 Å². The van der Waals surface area contributed by atoms with Crippen LogP contribution in [0.15, 0.2) is 54.6 Å². The Labute approximate surface area is 184 Å². The summed E-state index contributed by atoms with van der Waals surface area (Å²) in [6, 6.07) is 15.6. The van der Waals surface area contributed by atoms with Crippen molar-refractivity contribution < 1.29 is 14.4 Å². The fourth-order valence-corrected chi connectivity index (χ4v) is 3.74. The summed E-state index contributed by atoms with van der Waals surface area (Å²) < 4.78 is 0. The first-order chi connectivity index (χ1) is 15.0. The van der Waals surface area contributed by atoms with E-state index in [1.54, 1.807) is 24.3 Å². The van der Waals surface area contributed by atoms with E-state index in [0.717, 1.165) is 31.5 Å². The van der Waals surface area contributed by atoms with Gasteiger partial charge >= 0.3 is 0 Å². The SMILES string of the molecule is CC(C)C(NC(=O)c1ccccc1)C(=O)NCc1cccc(C(=O)N2CCCCC2)c1. The van der Waals surface area contributed by atoms with E-state index in [-0.39, 0.29) is 23.6 Å². The van der Waals surface area contributed by atoms with Gasteiger partial charge in [-0.1, -0.05) is 44.2 Å². The van der Waals surface area contributed by atoms with E-state index in [9.17, 15) is 14.4 Å². The van der Waals surface area contributed by atoms with E-state index in [1.807, 2.05) is 49.1 Å². The summed E-state index contributed by atoms with van der Waals surface area (Å²) in [5.41, 5.74) is 2.02. The number of rotatable bonds is 7. The van der Waals surface area contributed by atoms with E-state index < -0.39 is 6.04 Å². The molecule has 3 amide bonds. The predicted molar refractivity (Wildman–Crippen MR) is 121 cm³/mol. The molecule has 6 nitrogen and oxygen atoms in total. The molecule has 0 bridgehead atoms. The van der Waals surface area contributed by atoms with Crippen LogP contribution in [-0.4, -0.2) is 41.8 Å². The Morgan fingerprint density at radius 1 is 0.903 bits per heavy atom. The number of hydrogen-bond acceptors (Lipinski definition) is 3. The minimum atomic E-state index is -0.647. The molecular formula is C25H31N3O3. The molecule has 0 aromatic heterocycles. The first-order valence-electron chi connectivity index (χ1n) is 11.0. The molecule has 1 fully saturated rings. The number of carbonyl (C=O) groups excluding carboxylic acids is 3. The van der Waals surface area contributed by atoms with E-state index in [2.05, 4.69) is 10.6 Å². The lowest BCUT2D eigenvalue weighted by Gasteiger charge is -2.27. The zero-order valence-corrected chi connectivity index (χ0v) is 18.3. The Morgan fingerprint density at radius 3 is 2.26 bits per heavy atom. The number of amides is 3. The summed E-state index contributed by atoms with van der Waals surface area (Å²) in [5, 5.41) is 5.73. The Kier molecular flexibility index (Phi) is 7.82. The molecule has 31 heavy (non-hydrogen) atoms. The second-order valence-electron chi connectivity index (χ2n) is 8.33. The normalized spacial score (nSPS) is 14.7. The van der Waals surface area contributed by atoms with Crippen molar-refractivity contribution in [2.24, 2.45) is 5.92 Å². The maximum absolute atomic E-state index is 12.8. The average Bonchev–Trinajstić information content (AvgIpc) is 2.81. The van der Waals surface area contributed by atoms with Crippen LogP contribution in [0.3, 0.4) is 0 Å². The first kappa shape index (κ1) is 22.5. The van der Waals surface area contributed by atoms with Gasteiger partial charge in [-0.25, -0.2) is 0 Å². The number of nitrogens with one attached hydrogen (secondary N) is 2. The van der Waals surface area contributed by atoms with Gasteiger partial charge in [0.05, 0.1) is 0 Å². The number of likely N-dealkylation sites (tertiary alicyclic amines) is 1. The van der Waals surface area contributed by atoms with Gasteiger partial charge < -0.3 is 15.5 Å². The van der Waals surface area contributed by atoms with Crippen LogP contribution in [-0.2, 0) is 11.3 Å². The van der Waals surface area contributed by atoms with Crippen molar-refractivity contribution in [3.8, 4) is 0 Å². The second kappa shape index (κ2) is 10.8. The number of piperidine rings is 1. The fraction of sp³-hybridized carbons (Fsp3) is 0.400. The Morgan fingerprint density at radius 2 is 1.58 bits per heavy atom. The third-order valence-corrected chi connectivity index (χ3v) is 5.56. The largest absolute Gasteiger partial charge is 0.350 e. The van der Waals surface area contributed by atoms with Crippen molar-refractivity contribution >= 4 is 17.7 Å². The first-order valence-corrected chi connectivity index (χ1v) is 11.0. The van der Waals surface area contributed by atoms with Gasteiger partial charge in [0.15, 0.2) is 0 Å². The number of carbonyl (C=O) groups is 3. The van der Waals surface area contributed by atoms with Gasteiger partial charge in [0.2, 0.25) is 5.91 Å². The molecule has 1 heterocycles. The maximum atomic E-state index is 12.8. The zero-order chi connectivity index (χ0) is 22.2. The number of benzene rings is 2. The van der Waals surface area contributed by atoms with Gasteiger partial charge in [-0.05, 0) is 55.0 Å². The van der Waals surface area contributed by atoms with Crippen LogP contribution in [0.5, 0.6) is 0 Å². The van der Waals surface area contributed by atoms with Crippen LogP contribution < -0.4 is 10.6 Å². The molecule has 1 atom stereocenters. The fourth-order valence-electron chi connectivity index (χ4n) is 3.74. The molecule has 2 aromatic rings. The van der Waals surface area contributed by atoms with E-state index >= 15 is 0 Å². The van der Waals surface area contributed by atoms with Gasteiger partial charge in [0.1, 0.15) is 6.04 Å². The van der Waals surface area contributed by atoms with E-state index in [1.165, 1.54) is 6.42 Å². The minimum Gasteiger partial charge on any atom is -0.350 e. The van der Waals surface area contributed by atoms with Gasteiger partial charge in [0, 0.05) is 30.8 Å². The van der Waals surface area contributed by atoms with E-state index in [0.29, 0.717) is 17.7 Å². The average molecular weight is 422 g/mol. The minimum absolute atomic E-state index is 0.0445.